The minimum atomic E-state index is -3.57. The summed E-state index contributed by atoms with van der Waals surface area (Å²) in [6.07, 6.45) is 0.0800. The second-order valence-corrected chi connectivity index (χ2v) is 9.83. The lowest BCUT2D eigenvalue weighted by molar-refractivity contribution is -0.122. The van der Waals surface area contributed by atoms with Gasteiger partial charge in [0, 0.05) is 44.4 Å². The molecule has 33 heavy (non-hydrogen) atoms. The molecular formula is C23H26N4O5S. The van der Waals surface area contributed by atoms with Gasteiger partial charge in [0.1, 0.15) is 5.52 Å². The topological polar surface area (TPSA) is 113 Å². The average molecular weight is 471 g/mol. The first-order valence-electron chi connectivity index (χ1n) is 10.8. The first kappa shape index (κ1) is 22.9. The van der Waals surface area contributed by atoms with E-state index in [0.717, 1.165) is 0 Å². The van der Waals surface area contributed by atoms with Gasteiger partial charge in [0.25, 0.3) is 0 Å². The Morgan fingerprint density at radius 3 is 2.55 bits per heavy atom. The molecule has 1 atom stereocenters. The quantitative estimate of drug-likeness (QED) is 0.568. The molecule has 0 unspecified atom stereocenters. The molecule has 1 aliphatic heterocycles. The molecule has 1 aliphatic rings. The van der Waals surface area contributed by atoms with E-state index in [1.165, 1.54) is 21.3 Å². The molecule has 9 nitrogen and oxygen atoms in total. The number of carbonyl (C=O) groups is 2. The highest BCUT2D eigenvalue weighted by Crippen LogP contribution is 2.28. The first-order chi connectivity index (χ1) is 15.7. The van der Waals surface area contributed by atoms with Crippen LogP contribution >= 0.6 is 0 Å². The number of aryl methyl sites for hydroxylation is 1. The summed E-state index contributed by atoms with van der Waals surface area (Å²) in [6.45, 7) is 6.31. The third kappa shape index (κ3) is 4.49. The molecule has 2 aromatic carbocycles. The highest BCUT2D eigenvalue weighted by Gasteiger charge is 2.35. The fourth-order valence-corrected chi connectivity index (χ4v) is 5.47. The van der Waals surface area contributed by atoms with Crippen molar-refractivity contribution in [3.8, 4) is 0 Å². The number of rotatable bonds is 7. The molecular weight excluding hydrogens is 444 g/mol. The minimum Gasteiger partial charge on any atom is -0.441 e. The molecule has 1 saturated heterocycles. The summed E-state index contributed by atoms with van der Waals surface area (Å²) in [5, 5.41) is 2.85. The maximum absolute atomic E-state index is 12.8. The average Bonchev–Trinajstić information content (AvgIpc) is 3.36. The molecule has 1 N–H and O–H groups in total. The molecule has 1 fully saturated rings. The fraction of sp³-hybridized carbons (Fsp3) is 0.348. The molecule has 174 valence electrons. The smallest absolute Gasteiger partial charge is 0.243 e. The van der Waals surface area contributed by atoms with Crippen molar-refractivity contribution < 1.29 is 22.4 Å². The van der Waals surface area contributed by atoms with Crippen LogP contribution in [-0.2, 0) is 19.6 Å². The standard InChI is InChI=1S/C23H26N4O5S/c1-4-26(5-2)33(30,31)19-9-7-18(8-10-19)27-14-16(12-22(27)28)23(29)25-17-6-11-21-20(13-17)24-15(3)32-21/h6-11,13,16H,4-5,12,14H2,1-3H3,(H,25,29)/t16-/m0/s1. The zero-order chi connectivity index (χ0) is 23.8. The van der Waals surface area contributed by atoms with Crippen molar-refractivity contribution >= 4 is 44.3 Å². The van der Waals surface area contributed by atoms with Gasteiger partial charge < -0.3 is 14.6 Å². The predicted molar refractivity (Wildman–Crippen MR) is 124 cm³/mol. The Kier molecular flexibility index (Phi) is 6.22. The Balaban J connectivity index is 1.45. The first-order valence-corrected chi connectivity index (χ1v) is 12.3. The van der Waals surface area contributed by atoms with Crippen LogP contribution < -0.4 is 10.2 Å². The zero-order valence-electron chi connectivity index (χ0n) is 18.7. The van der Waals surface area contributed by atoms with Crippen molar-refractivity contribution in [1.82, 2.24) is 9.29 Å². The second kappa shape index (κ2) is 8.95. The van der Waals surface area contributed by atoms with Crippen LogP contribution in [0, 0.1) is 12.8 Å². The van der Waals surface area contributed by atoms with Gasteiger partial charge in [-0.15, -0.1) is 0 Å². The van der Waals surface area contributed by atoms with E-state index in [2.05, 4.69) is 10.3 Å². The number of aromatic nitrogens is 1. The summed E-state index contributed by atoms with van der Waals surface area (Å²) < 4.78 is 32.2. The number of oxazole rings is 1. The van der Waals surface area contributed by atoms with E-state index in [4.69, 9.17) is 4.42 Å². The summed E-state index contributed by atoms with van der Waals surface area (Å²) >= 11 is 0. The number of anilines is 2. The van der Waals surface area contributed by atoms with Gasteiger partial charge in [0.2, 0.25) is 21.8 Å². The number of amides is 2. The number of hydrogen-bond acceptors (Lipinski definition) is 6. The lowest BCUT2D eigenvalue weighted by Crippen LogP contribution is -2.31. The number of sulfonamides is 1. The maximum Gasteiger partial charge on any atom is 0.243 e. The number of benzene rings is 2. The predicted octanol–water partition coefficient (Wildman–Crippen LogP) is 3.16. The Hall–Kier alpha value is -3.24. The van der Waals surface area contributed by atoms with Gasteiger partial charge in [0.05, 0.1) is 10.8 Å². The lowest BCUT2D eigenvalue weighted by atomic mass is 10.1. The molecule has 0 saturated carbocycles. The Bertz CT molecular complexity index is 1300. The van der Waals surface area contributed by atoms with Gasteiger partial charge in [-0.1, -0.05) is 13.8 Å². The van der Waals surface area contributed by atoms with E-state index in [0.29, 0.717) is 41.5 Å². The highest BCUT2D eigenvalue weighted by atomic mass is 32.2. The van der Waals surface area contributed by atoms with Crippen molar-refractivity contribution in [2.24, 2.45) is 5.92 Å². The van der Waals surface area contributed by atoms with Crippen LogP contribution in [-0.4, -0.2) is 49.2 Å². The number of nitrogens with one attached hydrogen (secondary N) is 1. The molecule has 2 amide bonds. The third-order valence-electron chi connectivity index (χ3n) is 5.75. The van der Waals surface area contributed by atoms with Gasteiger partial charge in [-0.05, 0) is 42.5 Å². The largest absolute Gasteiger partial charge is 0.441 e. The molecule has 0 spiro atoms. The lowest BCUT2D eigenvalue weighted by Gasteiger charge is -2.20. The fourth-order valence-electron chi connectivity index (χ4n) is 4.01. The van der Waals surface area contributed by atoms with Crippen LogP contribution in [0.5, 0.6) is 0 Å². The molecule has 3 aromatic rings. The van der Waals surface area contributed by atoms with E-state index < -0.39 is 15.9 Å². The highest BCUT2D eigenvalue weighted by molar-refractivity contribution is 7.89. The third-order valence-corrected chi connectivity index (χ3v) is 7.81. The molecule has 10 heteroatoms. The van der Waals surface area contributed by atoms with E-state index in [1.54, 1.807) is 51.1 Å². The summed E-state index contributed by atoms with van der Waals surface area (Å²) in [7, 11) is -3.57. The van der Waals surface area contributed by atoms with Crippen LogP contribution in [0.2, 0.25) is 0 Å². The van der Waals surface area contributed by atoms with Crippen LogP contribution in [0.3, 0.4) is 0 Å². The van der Waals surface area contributed by atoms with Gasteiger partial charge >= 0.3 is 0 Å². The van der Waals surface area contributed by atoms with Gasteiger partial charge in [-0.25, -0.2) is 13.4 Å². The monoisotopic (exact) mass is 470 g/mol. The van der Waals surface area contributed by atoms with E-state index in [1.807, 2.05) is 0 Å². The number of fused-ring (bicyclic) bond motifs is 1. The van der Waals surface area contributed by atoms with Crippen LogP contribution in [0.1, 0.15) is 26.2 Å². The SMILES string of the molecule is CCN(CC)S(=O)(=O)c1ccc(N2C[C@@H](C(=O)Nc3ccc4oc(C)nc4c3)CC2=O)cc1. The molecule has 0 bridgehead atoms. The van der Waals surface area contributed by atoms with Crippen molar-refractivity contribution in [3.63, 3.8) is 0 Å². The Morgan fingerprint density at radius 1 is 1.18 bits per heavy atom. The second-order valence-electron chi connectivity index (χ2n) is 7.89. The number of hydrogen-bond donors (Lipinski definition) is 1. The maximum atomic E-state index is 12.8. The van der Waals surface area contributed by atoms with Gasteiger partial charge in [0.15, 0.2) is 11.5 Å². The normalized spacial score (nSPS) is 16.7. The van der Waals surface area contributed by atoms with E-state index in [-0.39, 0.29) is 29.7 Å². The molecule has 1 aromatic heterocycles. The van der Waals surface area contributed by atoms with Gasteiger partial charge in [-0.2, -0.15) is 4.31 Å². The molecule has 0 radical (unpaired) electrons. The van der Waals surface area contributed by atoms with Crippen LogP contribution in [0.25, 0.3) is 11.1 Å². The van der Waals surface area contributed by atoms with Crippen molar-refractivity contribution in [1.29, 1.82) is 0 Å². The van der Waals surface area contributed by atoms with E-state index in [9.17, 15) is 18.0 Å². The Morgan fingerprint density at radius 2 is 1.88 bits per heavy atom. The number of nitrogens with zero attached hydrogens (tertiary/aromatic N) is 3. The summed E-state index contributed by atoms with van der Waals surface area (Å²) in [4.78, 5) is 31.3. The minimum absolute atomic E-state index is 0.0800. The van der Waals surface area contributed by atoms with Crippen LogP contribution in [0.15, 0.2) is 51.8 Å². The molecule has 0 aliphatic carbocycles. The molecule has 2 heterocycles. The van der Waals surface area contributed by atoms with Crippen molar-refractivity contribution in [2.75, 3.05) is 29.9 Å². The molecule has 4 rings (SSSR count). The summed E-state index contributed by atoms with van der Waals surface area (Å²) in [6, 6.07) is 11.4. The Labute approximate surface area is 192 Å². The van der Waals surface area contributed by atoms with Gasteiger partial charge in [-0.3, -0.25) is 9.59 Å². The number of carbonyl (C=O) groups excluding carboxylic acids is 2. The van der Waals surface area contributed by atoms with Crippen LogP contribution in [0.4, 0.5) is 11.4 Å². The summed E-state index contributed by atoms with van der Waals surface area (Å²) in [5.41, 5.74) is 2.43. The summed E-state index contributed by atoms with van der Waals surface area (Å²) in [5.74, 6) is -0.420. The van der Waals surface area contributed by atoms with E-state index >= 15 is 0 Å². The van der Waals surface area contributed by atoms with Crippen molar-refractivity contribution in [2.45, 2.75) is 32.1 Å². The zero-order valence-corrected chi connectivity index (χ0v) is 19.6. The van der Waals surface area contributed by atoms with Crippen molar-refractivity contribution in [3.05, 3.63) is 48.4 Å².